The molecule has 1 aromatic rings. The summed E-state index contributed by atoms with van der Waals surface area (Å²) >= 11 is 3.20. The topological polar surface area (TPSA) is 107 Å². The molecule has 21 heavy (non-hydrogen) atoms. The molecule has 1 atom stereocenters. The summed E-state index contributed by atoms with van der Waals surface area (Å²) in [4.78, 5) is 21.6. The van der Waals surface area contributed by atoms with Crippen LogP contribution in [0.2, 0.25) is 0 Å². The first kappa shape index (κ1) is 15.7. The van der Waals surface area contributed by atoms with Crippen molar-refractivity contribution in [2.75, 3.05) is 6.61 Å². The number of carbonyl (C=O) groups excluding carboxylic acids is 1. The SMILES string of the molecule is NC(=O)C(CCOc1cc(Br)cc([N+](=O)[O-])c1)NC1CC1. The zero-order valence-electron chi connectivity index (χ0n) is 11.3. The van der Waals surface area contributed by atoms with Crippen molar-refractivity contribution in [3.05, 3.63) is 32.8 Å². The first-order valence-corrected chi connectivity index (χ1v) is 7.38. The Bertz CT molecular complexity index is 548. The molecule has 0 spiro atoms. The number of nitrogens with zero attached hydrogens (tertiary/aromatic N) is 1. The number of halogens is 1. The van der Waals surface area contributed by atoms with Crippen LogP contribution < -0.4 is 15.8 Å². The van der Waals surface area contributed by atoms with Gasteiger partial charge in [-0.25, -0.2) is 0 Å². The number of primary amides is 1. The molecule has 1 amide bonds. The lowest BCUT2D eigenvalue weighted by Gasteiger charge is -2.15. The Morgan fingerprint density at radius 2 is 2.24 bits per heavy atom. The molecule has 1 aromatic carbocycles. The minimum absolute atomic E-state index is 0.0538. The van der Waals surface area contributed by atoms with E-state index in [1.54, 1.807) is 6.07 Å². The highest BCUT2D eigenvalue weighted by atomic mass is 79.9. The normalized spacial score (nSPS) is 15.5. The van der Waals surface area contributed by atoms with Crippen LogP contribution in [-0.4, -0.2) is 29.5 Å². The zero-order valence-corrected chi connectivity index (χ0v) is 12.8. The van der Waals surface area contributed by atoms with Crippen LogP contribution in [-0.2, 0) is 4.79 Å². The highest BCUT2D eigenvalue weighted by molar-refractivity contribution is 9.10. The number of rotatable bonds is 8. The van der Waals surface area contributed by atoms with Gasteiger partial charge in [-0.15, -0.1) is 0 Å². The first-order chi connectivity index (χ1) is 9.95. The molecule has 2 rings (SSSR count). The predicted molar refractivity (Wildman–Crippen MR) is 80.0 cm³/mol. The first-order valence-electron chi connectivity index (χ1n) is 6.59. The molecule has 8 heteroatoms. The van der Waals surface area contributed by atoms with Gasteiger partial charge < -0.3 is 15.8 Å². The van der Waals surface area contributed by atoms with Gasteiger partial charge in [0.1, 0.15) is 5.75 Å². The van der Waals surface area contributed by atoms with E-state index in [4.69, 9.17) is 10.5 Å². The Morgan fingerprint density at radius 3 is 2.81 bits per heavy atom. The Hall–Kier alpha value is -1.67. The van der Waals surface area contributed by atoms with Crippen molar-refractivity contribution in [2.45, 2.75) is 31.3 Å². The van der Waals surface area contributed by atoms with Crippen molar-refractivity contribution in [1.82, 2.24) is 5.32 Å². The average Bonchev–Trinajstić information content (AvgIpc) is 3.20. The highest BCUT2D eigenvalue weighted by Gasteiger charge is 2.27. The largest absolute Gasteiger partial charge is 0.493 e. The number of non-ortho nitro benzene ring substituents is 1. The summed E-state index contributed by atoms with van der Waals surface area (Å²) < 4.78 is 6.04. The summed E-state index contributed by atoms with van der Waals surface area (Å²) in [6.45, 7) is 0.251. The summed E-state index contributed by atoms with van der Waals surface area (Å²) in [5, 5.41) is 13.9. The van der Waals surface area contributed by atoms with E-state index in [-0.39, 0.29) is 12.3 Å². The number of benzene rings is 1. The molecule has 0 bridgehead atoms. The third-order valence-corrected chi connectivity index (χ3v) is 3.56. The van der Waals surface area contributed by atoms with Crippen LogP contribution in [0.3, 0.4) is 0 Å². The number of nitro benzene ring substituents is 1. The van der Waals surface area contributed by atoms with Crippen molar-refractivity contribution in [2.24, 2.45) is 5.73 Å². The van der Waals surface area contributed by atoms with Crippen molar-refractivity contribution in [3.63, 3.8) is 0 Å². The van der Waals surface area contributed by atoms with Crippen LogP contribution in [0.25, 0.3) is 0 Å². The molecule has 114 valence electrons. The van der Waals surface area contributed by atoms with Crippen molar-refractivity contribution >= 4 is 27.5 Å². The number of nitrogens with two attached hydrogens (primary N) is 1. The van der Waals surface area contributed by atoms with Gasteiger partial charge >= 0.3 is 0 Å². The lowest BCUT2D eigenvalue weighted by atomic mass is 10.2. The molecular formula is C13H16BrN3O4. The summed E-state index contributed by atoms with van der Waals surface area (Å²) in [5.41, 5.74) is 5.27. The maximum atomic E-state index is 11.3. The number of hydrogen-bond acceptors (Lipinski definition) is 5. The van der Waals surface area contributed by atoms with Crippen LogP contribution in [0.15, 0.2) is 22.7 Å². The van der Waals surface area contributed by atoms with Crippen molar-refractivity contribution < 1.29 is 14.5 Å². The van der Waals surface area contributed by atoms with E-state index in [2.05, 4.69) is 21.2 Å². The van der Waals surface area contributed by atoms with Gasteiger partial charge in [0.25, 0.3) is 5.69 Å². The van der Waals surface area contributed by atoms with Crippen molar-refractivity contribution in [3.8, 4) is 5.75 Å². The van der Waals surface area contributed by atoms with Gasteiger partial charge in [-0.2, -0.15) is 0 Å². The Kier molecular flexibility index (Phi) is 5.13. The van der Waals surface area contributed by atoms with E-state index in [1.165, 1.54) is 12.1 Å². The fraction of sp³-hybridized carbons (Fsp3) is 0.462. The third-order valence-electron chi connectivity index (χ3n) is 3.10. The van der Waals surface area contributed by atoms with E-state index in [0.29, 0.717) is 22.7 Å². The average molecular weight is 358 g/mol. The maximum Gasteiger partial charge on any atom is 0.274 e. The van der Waals surface area contributed by atoms with Gasteiger partial charge in [-0.05, 0) is 18.9 Å². The van der Waals surface area contributed by atoms with Gasteiger partial charge in [-0.1, -0.05) is 15.9 Å². The van der Waals surface area contributed by atoms with Gasteiger partial charge in [0.05, 0.1) is 23.6 Å². The van der Waals surface area contributed by atoms with Crippen LogP contribution in [0.5, 0.6) is 5.75 Å². The molecule has 1 saturated carbocycles. The second-order valence-corrected chi connectivity index (χ2v) is 5.85. The van der Waals surface area contributed by atoms with Crippen LogP contribution in [0.4, 0.5) is 5.69 Å². The van der Waals surface area contributed by atoms with Crippen LogP contribution in [0, 0.1) is 10.1 Å². The van der Waals surface area contributed by atoms with Crippen LogP contribution in [0.1, 0.15) is 19.3 Å². The van der Waals surface area contributed by atoms with Crippen molar-refractivity contribution in [1.29, 1.82) is 0 Å². The van der Waals surface area contributed by atoms with Gasteiger partial charge in [0, 0.05) is 23.0 Å². The van der Waals surface area contributed by atoms with E-state index in [0.717, 1.165) is 12.8 Å². The summed E-state index contributed by atoms with van der Waals surface area (Å²) in [5.74, 6) is -0.0311. The Morgan fingerprint density at radius 1 is 1.52 bits per heavy atom. The van der Waals surface area contributed by atoms with Gasteiger partial charge in [-0.3, -0.25) is 14.9 Å². The molecule has 0 heterocycles. The fourth-order valence-electron chi connectivity index (χ4n) is 1.87. The number of ether oxygens (including phenoxy) is 1. The summed E-state index contributed by atoms with van der Waals surface area (Å²) in [6, 6.07) is 4.32. The van der Waals surface area contributed by atoms with Gasteiger partial charge in [0.15, 0.2) is 0 Å². The molecule has 1 aliphatic carbocycles. The minimum atomic E-state index is -0.488. The van der Waals surface area contributed by atoms with E-state index >= 15 is 0 Å². The second kappa shape index (κ2) is 6.86. The number of amides is 1. The monoisotopic (exact) mass is 357 g/mol. The summed E-state index contributed by atoms with van der Waals surface area (Å²) in [7, 11) is 0. The maximum absolute atomic E-state index is 11.3. The highest BCUT2D eigenvalue weighted by Crippen LogP contribution is 2.26. The molecule has 1 unspecified atom stereocenters. The molecule has 1 fully saturated rings. The third kappa shape index (κ3) is 4.98. The second-order valence-electron chi connectivity index (χ2n) is 4.94. The molecule has 0 radical (unpaired) electrons. The number of hydrogen-bond donors (Lipinski definition) is 2. The smallest absolute Gasteiger partial charge is 0.274 e. The van der Waals surface area contributed by atoms with Gasteiger partial charge in [0.2, 0.25) is 5.91 Å². The molecule has 1 aliphatic rings. The molecule has 7 nitrogen and oxygen atoms in total. The molecule has 0 aliphatic heterocycles. The van der Waals surface area contributed by atoms with Crippen LogP contribution >= 0.6 is 15.9 Å². The number of carbonyl (C=O) groups is 1. The zero-order chi connectivity index (χ0) is 15.4. The van der Waals surface area contributed by atoms with E-state index < -0.39 is 16.9 Å². The lowest BCUT2D eigenvalue weighted by molar-refractivity contribution is -0.385. The minimum Gasteiger partial charge on any atom is -0.493 e. The fourth-order valence-corrected chi connectivity index (χ4v) is 2.33. The number of nitrogens with one attached hydrogen (secondary N) is 1. The quantitative estimate of drug-likeness (QED) is 0.544. The molecule has 0 aromatic heterocycles. The molecular weight excluding hydrogens is 342 g/mol. The summed E-state index contributed by atoms with van der Waals surface area (Å²) in [6.07, 6.45) is 2.54. The Labute approximate surface area is 130 Å². The lowest BCUT2D eigenvalue weighted by Crippen LogP contribution is -2.43. The predicted octanol–water partition coefficient (Wildman–Crippen LogP) is 1.73. The standard InChI is InChI=1S/C13H16BrN3O4/c14-8-5-10(17(19)20)7-11(6-8)21-4-3-12(13(15)18)16-9-1-2-9/h5-7,9,12,16H,1-4H2,(H2,15,18). The van der Waals surface area contributed by atoms with E-state index in [9.17, 15) is 14.9 Å². The van der Waals surface area contributed by atoms with E-state index in [1.807, 2.05) is 0 Å². The molecule has 3 N–H and O–H groups in total. The number of nitro groups is 1. The molecule has 0 saturated heterocycles. The Balaban J connectivity index is 1.89.